The van der Waals surface area contributed by atoms with E-state index in [1.165, 1.54) is 6.08 Å². The van der Waals surface area contributed by atoms with Crippen LogP contribution in [0.2, 0.25) is 18.1 Å². The molecule has 0 saturated carbocycles. The Hall–Kier alpha value is -0.733. The van der Waals surface area contributed by atoms with E-state index in [9.17, 15) is 9.90 Å². The van der Waals surface area contributed by atoms with Crippen molar-refractivity contribution >= 4 is 14.3 Å². The highest BCUT2D eigenvalue weighted by Gasteiger charge is 2.48. The van der Waals surface area contributed by atoms with Crippen LogP contribution < -0.4 is 0 Å². The molecule has 27 heavy (non-hydrogen) atoms. The van der Waals surface area contributed by atoms with E-state index >= 15 is 0 Å². The van der Waals surface area contributed by atoms with Crippen LogP contribution in [0.15, 0.2) is 12.2 Å². The van der Waals surface area contributed by atoms with E-state index in [4.69, 9.17) is 18.6 Å². The fourth-order valence-electron chi connectivity index (χ4n) is 2.80. The van der Waals surface area contributed by atoms with Crippen molar-refractivity contribution in [2.75, 3.05) is 13.2 Å². The van der Waals surface area contributed by atoms with E-state index < -0.39 is 20.2 Å². The molecule has 6 nitrogen and oxygen atoms in total. The molecule has 0 bridgehead atoms. The zero-order valence-corrected chi connectivity index (χ0v) is 19.2. The Balaban J connectivity index is 2.91. The summed E-state index contributed by atoms with van der Waals surface area (Å²) in [6.45, 7) is 16.7. The van der Waals surface area contributed by atoms with Crippen LogP contribution in [0.5, 0.6) is 0 Å². The van der Waals surface area contributed by atoms with Crippen molar-refractivity contribution in [1.82, 2.24) is 0 Å². The summed E-state index contributed by atoms with van der Waals surface area (Å²) in [4.78, 5) is 11.5. The summed E-state index contributed by atoms with van der Waals surface area (Å²) in [6.07, 6.45) is 3.57. The molecule has 1 rings (SSSR count). The Bertz CT molecular complexity index is 509. The highest BCUT2D eigenvalue weighted by atomic mass is 28.4. The highest BCUT2D eigenvalue weighted by molar-refractivity contribution is 6.74. The molecular formula is C20H38O6Si. The van der Waals surface area contributed by atoms with Gasteiger partial charge in [0.25, 0.3) is 0 Å². The van der Waals surface area contributed by atoms with Crippen molar-refractivity contribution in [3.8, 4) is 0 Å². The number of hydrogen-bond donors (Lipinski definition) is 1. The van der Waals surface area contributed by atoms with Crippen LogP contribution in [0.1, 0.15) is 54.4 Å². The van der Waals surface area contributed by atoms with Gasteiger partial charge in [-0.15, -0.1) is 0 Å². The van der Waals surface area contributed by atoms with Gasteiger partial charge in [0, 0.05) is 6.08 Å². The molecule has 1 aliphatic heterocycles. The first-order valence-corrected chi connectivity index (χ1v) is 12.7. The van der Waals surface area contributed by atoms with Gasteiger partial charge in [-0.1, -0.05) is 26.8 Å². The molecule has 1 heterocycles. The molecule has 0 unspecified atom stereocenters. The van der Waals surface area contributed by atoms with Gasteiger partial charge in [-0.25, -0.2) is 4.79 Å². The number of aliphatic hydroxyl groups excluding tert-OH is 1. The standard InChI is InChI=1S/C20H38O6Si/c1-9-23-17(22)13-11-10-12-15(26-27(7,8)19(2,3)4)18-16(14-21)24-20(5,6)25-18/h11,13,15-16,18,21H,9-10,12,14H2,1-8H3/b13-11+/t15-,16+,18+/m0/s1. The Labute approximate surface area is 165 Å². The Morgan fingerprint density at radius 2 is 1.93 bits per heavy atom. The van der Waals surface area contributed by atoms with Crippen molar-refractivity contribution in [3.63, 3.8) is 0 Å². The van der Waals surface area contributed by atoms with E-state index in [-0.39, 0.29) is 29.8 Å². The molecule has 0 aromatic carbocycles. The lowest BCUT2D eigenvalue weighted by molar-refractivity contribution is -0.156. The van der Waals surface area contributed by atoms with Crippen molar-refractivity contribution in [2.24, 2.45) is 0 Å². The second kappa shape index (κ2) is 9.65. The monoisotopic (exact) mass is 402 g/mol. The summed E-state index contributed by atoms with van der Waals surface area (Å²) >= 11 is 0. The molecule has 0 aromatic heterocycles. The molecule has 0 aromatic rings. The van der Waals surface area contributed by atoms with Gasteiger partial charge in [-0.05, 0) is 51.7 Å². The van der Waals surface area contributed by atoms with Gasteiger partial charge in [0.1, 0.15) is 12.2 Å². The maximum Gasteiger partial charge on any atom is 0.330 e. The van der Waals surface area contributed by atoms with Crippen LogP contribution in [-0.4, -0.2) is 56.7 Å². The van der Waals surface area contributed by atoms with Gasteiger partial charge in [-0.2, -0.15) is 0 Å². The van der Waals surface area contributed by atoms with E-state index in [1.807, 2.05) is 13.8 Å². The molecule has 1 N–H and O–H groups in total. The first-order valence-electron chi connectivity index (χ1n) is 9.80. The maximum absolute atomic E-state index is 11.5. The normalized spacial score (nSPS) is 24.3. The summed E-state index contributed by atoms with van der Waals surface area (Å²) in [5, 5.41) is 9.81. The molecule has 0 radical (unpaired) electrons. The minimum atomic E-state index is -2.05. The zero-order chi connectivity index (χ0) is 20.9. The molecule has 0 amide bonds. The molecule has 0 aliphatic carbocycles. The average Bonchev–Trinajstić information content (AvgIpc) is 2.84. The van der Waals surface area contributed by atoms with Gasteiger partial charge in [0.15, 0.2) is 14.1 Å². The summed E-state index contributed by atoms with van der Waals surface area (Å²) in [5.41, 5.74) is 0. The molecule has 1 fully saturated rings. The zero-order valence-electron chi connectivity index (χ0n) is 18.2. The molecular weight excluding hydrogens is 364 g/mol. The van der Waals surface area contributed by atoms with Crippen LogP contribution in [-0.2, 0) is 23.4 Å². The van der Waals surface area contributed by atoms with E-state index in [2.05, 4.69) is 33.9 Å². The van der Waals surface area contributed by atoms with E-state index in [0.717, 1.165) is 0 Å². The van der Waals surface area contributed by atoms with Gasteiger partial charge in [-0.3, -0.25) is 0 Å². The summed E-state index contributed by atoms with van der Waals surface area (Å²) in [6, 6.07) is 0. The third-order valence-electron chi connectivity index (χ3n) is 5.18. The smallest absolute Gasteiger partial charge is 0.330 e. The minimum Gasteiger partial charge on any atom is -0.463 e. The van der Waals surface area contributed by atoms with Crippen LogP contribution >= 0.6 is 0 Å². The van der Waals surface area contributed by atoms with E-state index in [0.29, 0.717) is 19.4 Å². The second-order valence-corrected chi connectivity index (χ2v) is 13.7. The fraction of sp³-hybridized carbons (Fsp3) is 0.850. The molecule has 1 saturated heterocycles. The number of esters is 1. The number of allylic oxidation sites excluding steroid dienone is 1. The molecule has 158 valence electrons. The van der Waals surface area contributed by atoms with Crippen molar-refractivity contribution < 1.29 is 28.5 Å². The molecule has 7 heteroatoms. The van der Waals surface area contributed by atoms with Crippen molar-refractivity contribution in [3.05, 3.63) is 12.2 Å². The molecule has 1 aliphatic rings. The topological polar surface area (TPSA) is 74.2 Å². The van der Waals surface area contributed by atoms with Crippen LogP contribution in [0, 0.1) is 0 Å². The van der Waals surface area contributed by atoms with Crippen molar-refractivity contribution in [2.45, 2.75) is 96.6 Å². The number of aliphatic hydroxyl groups is 1. The number of carbonyl (C=O) groups is 1. The number of ether oxygens (including phenoxy) is 3. The Kier molecular flexibility index (Phi) is 8.69. The number of hydrogen-bond acceptors (Lipinski definition) is 6. The van der Waals surface area contributed by atoms with Crippen LogP contribution in [0.4, 0.5) is 0 Å². The third kappa shape index (κ3) is 7.31. The first kappa shape index (κ1) is 24.3. The number of rotatable bonds is 9. The first-order chi connectivity index (χ1) is 12.3. The SMILES string of the molecule is CCOC(=O)/C=C/CC[C@H](O[Si](C)(C)C(C)(C)C)[C@H]1OC(C)(C)O[C@@H]1CO. The van der Waals surface area contributed by atoms with Crippen LogP contribution in [0.3, 0.4) is 0 Å². The molecule has 0 spiro atoms. The lowest BCUT2D eigenvalue weighted by Gasteiger charge is -2.41. The quantitative estimate of drug-likeness (QED) is 0.359. The minimum absolute atomic E-state index is 0.0513. The average molecular weight is 403 g/mol. The Morgan fingerprint density at radius 3 is 2.44 bits per heavy atom. The largest absolute Gasteiger partial charge is 0.463 e. The number of carbonyl (C=O) groups excluding carboxylic acids is 1. The summed E-state index contributed by atoms with van der Waals surface area (Å²) < 4.78 is 23.5. The van der Waals surface area contributed by atoms with Gasteiger partial charge < -0.3 is 23.7 Å². The predicted octanol–water partition coefficient (Wildman–Crippen LogP) is 3.79. The maximum atomic E-state index is 11.5. The summed E-state index contributed by atoms with van der Waals surface area (Å²) in [7, 11) is -2.05. The highest BCUT2D eigenvalue weighted by Crippen LogP contribution is 2.40. The Morgan fingerprint density at radius 1 is 1.30 bits per heavy atom. The summed E-state index contributed by atoms with van der Waals surface area (Å²) in [5.74, 6) is -1.09. The third-order valence-corrected chi connectivity index (χ3v) is 9.68. The lowest BCUT2D eigenvalue weighted by atomic mass is 10.0. The van der Waals surface area contributed by atoms with Gasteiger partial charge in [0.05, 0.1) is 19.3 Å². The van der Waals surface area contributed by atoms with Crippen molar-refractivity contribution in [1.29, 1.82) is 0 Å². The fourth-order valence-corrected chi connectivity index (χ4v) is 4.16. The second-order valence-electron chi connectivity index (χ2n) is 8.97. The lowest BCUT2D eigenvalue weighted by Crippen LogP contribution is -2.49. The van der Waals surface area contributed by atoms with Gasteiger partial charge >= 0.3 is 5.97 Å². The van der Waals surface area contributed by atoms with Crippen LogP contribution in [0.25, 0.3) is 0 Å². The van der Waals surface area contributed by atoms with Gasteiger partial charge in [0.2, 0.25) is 0 Å². The molecule has 3 atom stereocenters. The predicted molar refractivity (Wildman–Crippen MR) is 108 cm³/mol. The van der Waals surface area contributed by atoms with E-state index in [1.54, 1.807) is 13.0 Å².